The number of hydrogen-bond acceptors (Lipinski definition) is 7. The Morgan fingerprint density at radius 2 is 2.00 bits per heavy atom. The summed E-state index contributed by atoms with van der Waals surface area (Å²) in [5.74, 6) is 1.52. The first-order valence-electron chi connectivity index (χ1n) is 8.25. The van der Waals surface area contributed by atoms with E-state index in [1.807, 2.05) is 28.8 Å². The number of rotatable bonds is 4. The van der Waals surface area contributed by atoms with Crippen LogP contribution in [0.2, 0.25) is 0 Å². The summed E-state index contributed by atoms with van der Waals surface area (Å²) < 4.78 is 24.1. The van der Waals surface area contributed by atoms with E-state index in [4.69, 9.17) is 11.5 Å². The zero-order valence-corrected chi connectivity index (χ0v) is 14.6. The molecule has 1 saturated heterocycles. The molecular weight excluding hydrogens is 340 g/mol. The maximum absolute atomic E-state index is 10.2. The third-order valence-corrected chi connectivity index (χ3v) is 6.57. The summed E-state index contributed by atoms with van der Waals surface area (Å²) in [6, 6.07) is 7.79. The summed E-state index contributed by atoms with van der Waals surface area (Å²) in [5, 5.41) is 0.965. The van der Waals surface area contributed by atoms with E-state index < -0.39 is 10.8 Å². The lowest BCUT2D eigenvalue weighted by Crippen LogP contribution is -2.25. The highest BCUT2D eigenvalue weighted by molar-refractivity contribution is 8.22. The molecule has 6 N–H and O–H groups in total. The number of nitrogens with zero attached hydrogens (tertiary/aromatic N) is 4. The molecule has 25 heavy (non-hydrogen) atoms. The fraction of sp³-hybridized carbons (Fsp3) is 0.375. The summed E-state index contributed by atoms with van der Waals surface area (Å²) in [6.07, 6.45) is 0.770. The Morgan fingerprint density at radius 1 is 1.20 bits per heavy atom. The van der Waals surface area contributed by atoms with Crippen molar-refractivity contribution in [3.05, 3.63) is 30.1 Å². The van der Waals surface area contributed by atoms with Crippen LogP contribution in [0, 0.1) is 0 Å². The van der Waals surface area contributed by atoms with E-state index in [2.05, 4.69) is 9.97 Å². The van der Waals surface area contributed by atoms with E-state index in [1.165, 1.54) is 0 Å². The van der Waals surface area contributed by atoms with Crippen LogP contribution < -0.4 is 11.5 Å². The number of para-hydroxylation sites is 1. The summed E-state index contributed by atoms with van der Waals surface area (Å²) >= 11 is 0. The second-order valence-electron chi connectivity index (χ2n) is 6.23. The third-order valence-electron chi connectivity index (χ3n) is 4.60. The number of nitrogen functional groups attached to an aromatic ring is 1. The first-order chi connectivity index (χ1) is 12.0. The maximum Gasteiger partial charge on any atom is 0.152 e. The number of fused-ring (bicyclic) bond motifs is 3. The Bertz CT molecular complexity index is 941. The molecule has 134 valence electrons. The Kier molecular flexibility index (Phi) is 4.05. The van der Waals surface area contributed by atoms with Gasteiger partial charge in [-0.05, 0) is 12.5 Å². The van der Waals surface area contributed by atoms with Crippen molar-refractivity contribution in [2.45, 2.75) is 19.5 Å². The molecule has 0 bridgehead atoms. The molecular formula is C16H22N6O2S. The maximum atomic E-state index is 10.2. The van der Waals surface area contributed by atoms with Gasteiger partial charge in [-0.15, -0.1) is 10.8 Å². The highest BCUT2D eigenvalue weighted by Crippen LogP contribution is 2.49. The molecule has 2 aromatic heterocycles. The van der Waals surface area contributed by atoms with E-state index in [0.717, 1.165) is 28.7 Å². The van der Waals surface area contributed by atoms with E-state index >= 15 is 0 Å². The van der Waals surface area contributed by atoms with Crippen molar-refractivity contribution in [1.82, 2.24) is 18.8 Å². The number of pyridine rings is 1. The van der Waals surface area contributed by atoms with Crippen LogP contribution in [0.5, 0.6) is 0 Å². The Morgan fingerprint density at radius 3 is 2.72 bits per heavy atom. The molecule has 0 atom stereocenters. The van der Waals surface area contributed by atoms with Crippen LogP contribution in [0.25, 0.3) is 21.9 Å². The van der Waals surface area contributed by atoms with Gasteiger partial charge in [0.05, 0.1) is 23.3 Å². The second kappa shape index (κ2) is 6.11. The number of imidazole rings is 1. The molecule has 1 aromatic carbocycles. The van der Waals surface area contributed by atoms with Crippen LogP contribution in [-0.2, 0) is 13.1 Å². The molecule has 9 heteroatoms. The van der Waals surface area contributed by atoms with Gasteiger partial charge in [0.1, 0.15) is 11.3 Å². The van der Waals surface area contributed by atoms with Gasteiger partial charge < -0.3 is 16.0 Å². The summed E-state index contributed by atoms with van der Waals surface area (Å²) in [5.41, 5.74) is 14.3. The van der Waals surface area contributed by atoms with Gasteiger partial charge in [-0.25, -0.2) is 9.97 Å². The molecule has 0 radical (unpaired) electrons. The number of aromatic nitrogens is 3. The monoisotopic (exact) mass is 362 g/mol. The van der Waals surface area contributed by atoms with Crippen LogP contribution in [0.15, 0.2) is 24.3 Å². The van der Waals surface area contributed by atoms with Crippen LogP contribution in [0.4, 0.5) is 5.82 Å². The zero-order valence-electron chi connectivity index (χ0n) is 13.8. The Balaban J connectivity index is 1.91. The largest absolute Gasteiger partial charge is 0.382 e. The fourth-order valence-electron chi connectivity index (χ4n) is 3.45. The number of nitrogens with two attached hydrogens (primary N) is 2. The average molecular weight is 362 g/mol. The number of anilines is 1. The van der Waals surface area contributed by atoms with Crippen molar-refractivity contribution < 1.29 is 9.11 Å². The van der Waals surface area contributed by atoms with E-state index in [9.17, 15) is 9.11 Å². The number of benzene rings is 1. The van der Waals surface area contributed by atoms with Gasteiger partial charge in [0.25, 0.3) is 0 Å². The normalized spacial score (nSPS) is 19.0. The minimum atomic E-state index is -2.71. The number of hydrogen-bond donors (Lipinski definition) is 4. The zero-order chi connectivity index (χ0) is 17.6. The topological polar surface area (TPSA) is 126 Å². The van der Waals surface area contributed by atoms with Crippen molar-refractivity contribution in [3.8, 4) is 0 Å². The van der Waals surface area contributed by atoms with Gasteiger partial charge in [-0.1, -0.05) is 18.2 Å². The molecule has 0 spiro atoms. The van der Waals surface area contributed by atoms with E-state index in [0.29, 0.717) is 43.3 Å². The lowest BCUT2D eigenvalue weighted by atomic mass is 10.2. The van der Waals surface area contributed by atoms with Crippen molar-refractivity contribution in [3.63, 3.8) is 0 Å². The molecule has 1 aliphatic heterocycles. The van der Waals surface area contributed by atoms with Gasteiger partial charge >= 0.3 is 0 Å². The molecule has 4 rings (SSSR count). The van der Waals surface area contributed by atoms with E-state index in [-0.39, 0.29) is 0 Å². The second-order valence-corrected chi connectivity index (χ2v) is 8.42. The fourth-order valence-corrected chi connectivity index (χ4v) is 4.96. The lowest BCUT2D eigenvalue weighted by molar-refractivity contribution is 0.364. The molecule has 0 saturated carbocycles. The Hall–Kier alpha value is -1.91. The Labute approximate surface area is 146 Å². The molecule has 0 unspecified atom stereocenters. The standard InChI is InChI=1S/C16H22N6O2S/c17-6-8-22-13(10-21-7-3-9-25(21,23)24)20-14-15(22)11-4-1-2-5-12(11)19-16(14)18/h1-2,4-5,23-24H,3,6-10,17H2,(H2,18,19). The van der Waals surface area contributed by atoms with Crippen molar-refractivity contribution in [1.29, 1.82) is 0 Å². The van der Waals surface area contributed by atoms with E-state index in [1.54, 1.807) is 4.31 Å². The van der Waals surface area contributed by atoms with Crippen LogP contribution in [0.1, 0.15) is 12.2 Å². The SMILES string of the molecule is NCCn1c(CN2CCCS2(O)O)nc2c(N)nc3ccccc3c21. The predicted octanol–water partition coefficient (Wildman–Crippen LogP) is 2.00. The van der Waals surface area contributed by atoms with Crippen LogP contribution >= 0.6 is 10.8 Å². The van der Waals surface area contributed by atoms with Gasteiger partial charge in [0.2, 0.25) is 0 Å². The average Bonchev–Trinajstić information content (AvgIpc) is 3.10. The highest BCUT2D eigenvalue weighted by atomic mass is 32.3. The van der Waals surface area contributed by atoms with Crippen LogP contribution in [0.3, 0.4) is 0 Å². The molecule has 0 aliphatic carbocycles. The first-order valence-corrected chi connectivity index (χ1v) is 9.93. The third kappa shape index (κ3) is 2.74. The minimum Gasteiger partial charge on any atom is -0.382 e. The molecule has 1 fully saturated rings. The summed E-state index contributed by atoms with van der Waals surface area (Å²) in [7, 11) is -2.71. The van der Waals surface area contributed by atoms with Gasteiger partial charge in [0.15, 0.2) is 5.82 Å². The van der Waals surface area contributed by atoms with Crippen molar-refractivity contribution in [2.24, 2.45) is 5.73 Å². The van der Waals surface area contributed by atoms with Gasteiger partial charge in [-0.2, -0.15) is 4.31 Å². The first kappa shape index (κ1) is 16.6. The minimum absolute atomic E-state index is 0.352. The van der Waals surface area contributed by atoms with Crippen molar-refractivity contribution in [2.75, 3.05) is 24.6 Å². The molecule has 1 aliphatic rings. The highest BCUT2D eigenvalue weighted by Gasteiger charge is 2.30. The molecule has 8 nitrogen and oxygen atoms in total. The van der Waals surface area contributed by atoms with Crippen molar-refractivity contribution >= 4 is 38.5 Å². The van der Waals surface area contributed by atoms with Gasteiger partial charge in [-0.3, -0.25) is 9.11 Å². The summed E-state index contributed by atoms with van der Waals surface area (Å²) in [4.78, 5) is 9.12. The summed E-state index contributed by atoms with van der Waals surface area (Å²) in [6.45, 7) is 2.02. The predicted molar refractivity (Wildman–Crippen MR) is 101 cm³/mol. The smallest absolute Gasteiger partial charge is 0.152 e. The van der Waals surface area contributed by atoms with Crippen LogP contribution in [-0.4, -0.2) is 46.8 Å². The lowest BCUT2D eigenvalue weighted by Gasteiger charge is -2.36. The molecule has 0 amide bonds. The molecule has 3 aromatic rings. The quantitative estimate of drug-likeness (QED) is 0.559. The van der Waals surface area contributed by atoms with Gasteiger partial charge in [0, 0.05) is 25.0 Å². The molecule has 3 heterocycles.